The van der Waals surface area contributed by atoms with Gasteiger partial charge in [-0.15, -0.1) is 0 Å². The Morgan fingerprint density at radius 1 is 0.963 bits per heavy atom. The van der Waals surface area contributed by atoms with E-state index >= 15 is 0 Å². The van der Waals surface area contributed by atoms with Crippen LogP contribution in [-0.4, -0.2) is 60.5 Å². The second-order valence-electron chi connectivity index (χ2n) is 8.11. The average Bonchev–Trinajstić information content (AvgIpc) is 3.55. The zero-order valence-corrected chi connectivity index (χ0v) is 16.0. The molecule has 2 heterocycles. The molecular formula is C21H30N4O2. The van der Waals surface area contributed by atoms with Crippen LogP contribution in [0.1, 0.15) is 36.8 Å². The van der Waals surface area contributed by atoms with Gasteiger partial charge in [-0.05, 0) is 55.7 Å². The summed E-state index contributed by atoms with van der Waals surface area (Å²) in [4.78, 5) is 28.6. The summed E-state index contributed by atoms with van der Waals surface area (Å²) >= 11 is 0. The maximum absolute atomic E-state index is 12.4. The van der Waals surface area contributed by atoms with Gasteiger partial charge in [0.25, 0.3) is 0 Å². The Balaban J connectivity index is 1.17. The summed E-state index contributed by atoms with van der Waals surface area (Å²) in [6.07, 6.45) is 5.63. The fraction of sp³-hybridized carbons (Fsp3) is 0.619. The van der Waals surface area contributed by atoms with E-state index < -0.39 is 0 Å². The van der Waals surface area contributed by atoms with Gasteiger partial charge >= 0.3 is 6.03 Å². The summed E-state index contributed by atoms with van der Waals surface area (Å²) in [5.74, 6) is 0.919. The summed E-state index contributed by atoms with van der Waals surface area (Å²) in [6, 6.07) is 8.64. The van der Waals surface area contributed by atoms with Gasteiger partial charge in [0.15, 0.2) is 0 Å². The molecule has 1 saturated heterocycles. The SMILES string of the molecule is O=C(CNC(=O)N1CCc2ccccc2C1)N1CCC(NCC2CC2)CC1. The third kappa shape index (κ3) is 4.80. The number of carbonyl (C=O) groups excluding carboxylic acids is 2. The molecule has 1 saturated carbocycles. The smallest absolute Gasteiger partial charge is 0.318 e. The molecule has 2 fully saturated rings. The Morgan fingerprint density at radius 2 is 1.70 bits per heavy atom. The van der Waals surface area contributed by atoms with Gasteiger partial charge in [-0.3, -0.25) is 4.79 Å². The van der Waals surface area contributed by atoms with Gasteiger partial charge in [-0.2, -0.15) is 0 Å². The minimum Gasteiger partial charge on any atom is -0.341 e. The van der Waals surface area contributed by atoms with Crippen LogP contribution < -0.4 is 10.6 Å². The molecule has 0 spiro atoms. The lowest BCUT2D eigenvalue weighted by molar-refractivity contribution is -0.131. The van der Waals surface area contributed by atoms with E-state index in [2.05, 4.69) is 22.8 Å². The lowest BCUT2D eigenvalue weighted by Gasteiger charge is -2.33. The number of carbonyl (C=O) groups is 2. The molecule has 0 aromatic heterocycles. The number of hydrogen-bond donors (Lipinski definition) is 2. The second kappa shape index (κ2) is 8.30. The van der Waals surface area contributed by atoms with Crippen LogP contribution in [-0.2, 0) is 17.8 Å². The number of benzene rings is 1. The van der Waals surface area contributed by atoms with Crippen LogP contribution in [0.5, 0.6) is 0 Å². The Kier molecular flexibility index (Phi) is 5.62. The minimum absolute atomic E-state index is 0.0291. The summed E-state index contributed by atoms with van der Waals surface area (Å²) < 4.78 is 0. The van der Waals surface area contributed by atoms with Gasteiger partial charge in [0.1, 0.15) is 0 Å². The zero-order chi connectivity index (χ0) is 18.6. The highest BCUT2D eigenvalue weighted by atomic mass is 16.2. The van der Waals surface area contributed by atoms with Gasteiger partial charge in [-0.1, -0.05) is 24.3 Å². The molecule has 1 aromatic carbocycles. The Morgan fingerprint density at radius 3 is 2.44 bits per heavy atom. The molecule has 6 heteroatoms. The molecular weight excluding hydrogens is 340 g/mol. The molecule has 1 aliphatic carbocycles. The number of hydrogen-bond acceptors (Lipinski definition) is 3. The molecule has 0 bridgehead atoms. The first-order chi connectivity index (χ1) is 13.2. The maximum atomic E-state index is 12.4. The average molecular weight is 370 g/mol. The number of nitrogens with one attached hydrogen (secondary N) is 2. The van der Waals surface area contributed by atoms with Crippen LogP contribution in [0, 0.1) is 5.92 Å². The Labute approximate surface area is 161 Å². The van der Waals surface area contributed by atoms with Crippen LogP contribution >= 0.6 is 0 Å². The molecule has 0 radical (unpaired) electrons. The van der Waals surface area contributed by atoms with Gasteiger partial charge in [0.05, 0.1) is 6.54 Å². The highest BCUT2D eigenvalue weighted by Crippen LogP contribution is 2.28. The number of rotatable bonds is 5. The van der Waals surface area contributed by atoms with Crippen molar-refractivity contribution in [1.29, 1.82) is 0 Å². The van der Waals surface area contributed by atoms with Crippen LogP contribution in [0.25, 0.3) is 0 Å². The molecule has 2 N–H and O–H groups in total. The first-order valence-electron chi connectivity index (χ1n) is 10.3. The third-order valence-electron chi connectivity index (χ3n) is 6.05. The first-order valence-corrected chi connectivity index (χ1v) is 10.3. The monoisotopic (exact) mass is 370 g/mol. The van der Waals surface area contributed by atoms with Gasteiger partial charge in [0, 0.05) is 32.2 Å². The van der Waals surface area contributed by atoms with Crippen molar-refractivity contribution >= 4 is 11.9 Å². The number of amides is 3. The number of nitrogens with zero attached hydrogens (tertiary/aromatic N) is 2. The van der Waals surface area contributed by atoms with Gasteiger partial charge < -0.3 is 20.4 Å². The van der Waals surface area contributed by atoms with Crippen molar-refractivity contribution in [1.82, 2.24) is 20.4 Å². The van der Waals surface area contributed by atoms with Crippen molar-refractivity contribution < 1.29 is 9.59 Å². The first kappa shape index (κ1) is 18.3. The molecule has 6 nitrogen and oxygen atoms in total. The van der Waals surface area contributed by atoms with E-state index in [1.807, 2.05) is 17.0 Å². The molecule has 2 aliphatic heterocycles. The van der Waals surface area contributed by atoms with Crippen molar-refractivity contribution in [3.8, 4) is 0 Å². The van der Waals surface area contributed by atoms with E-state index in [0.29, 0.717) is 19.1 Å². The largest absolute Gasteiger partial charge is 0.341 e. The van der Waals surface area contributed by atoms with E-state index in [4.69, 9.17) is 0 Å². The fourth-order valence-corrected chi connectivity index (χ4v) is 4.03. The minimum atomic E-state index is -0.140. The fourth-order valence-electron chi connectivity index (χ4n) is 4.03. The number of fused-ring (bicyclic) bond motifs is 1. The van der Waals surface area contributed by atoms with E-state index in [1.54, 1.807) is 4.90 Å². The van der Waals surface area contributed by atoms with E-state index in [9.17, 15) is 9.59 Å². The second-order valence-corrected chi connectivity index (χ2v) is 8.11. The summed E-state index contributed by atoms with van der Waals surface area (Å²) in [7, 11) is 0. The molecule has 3 aliphatic rings. The number of urea groups is 1. The van der Waals surface area contributed by atoms with Crippen LogP contribution in [0.3, 0.4) is 0 Å². The Bertz CT molecular complexity index is 681. The molecule has 1 aromatic rings. The lowest BCUT2D eigenvalue weighted by atomic mass is 10.0. The topological polar surface area (TPSA) is 64.7 Å². The molecule has 4 rings (SSSR count). The number of likely N-dealkylation sites (tertiary alicyclic amines) is 1. The molecule has 0 unspecified atom stereocenters. The Hall–Kier alpha value is -2.08. The zero-order valence-electron chi connectivity index (χ0n) is 16.0. The van der Waals surface area contributed by atoms with Crippen molar-refractivity contribution in [3.63, 3.8) is 0 Å². The summed E-state index contributed by atoms with van der Waals surface area (Å²) in [5.41, 5.74) is 2.52. The van der Waals surface area contributed by atoms with E-state index in [-0.39, 0.29) is 18.5 Å². The van der Waals surface area contributed by atoms with Gasteiger partial charge in [-0.25, -0.2) is 4.79 Å². The summed E-state index contributed by atoms with van der Waals surface area (Å²) in [5, 5.41) is 6.45. The maximum Gasteiger partial charge on any atom is 0.318 e. The molecule has 146 valence electrons. The molecule has 0 atom stereocenters. The summed E-state index contributed by atoms with van der Waals surface area (Å²) in [6.45, 7) is 4.12. The van der Waals surface area contributed by atoms with Crippen molar-refractivity contribution in [3.05, 3.63) is 35.4 Å². The van der Waals surface area contributed by atoms with Crippen molar-refractivity contribution in [2.45, 2.75) is 44.7 Å². The van der Waals surface area contributed by atoms with E-state index in [0.717, 1.165) is 44.8 Å². The van der Waals surface area contributed by atoms with Crippen LogP contribution in [0.4, 0.5) is 4.79 Å². The standard InChI is InChI=1S/C21H30N4O2/c26-20(24-11-8-19(9-12-24)22-13-16-5-6-16)14-23-21(27)25-10-7-17-3-1-2-4-18(17)15-25/h1-4,16,19,22H,5-15H2,(H,23,27). The van der Waals surface area contributed by atoms with Crippen LogP contribution in [0.15, 0.2) is 24.3 Å². The number of piperidine rings is 1. The van der Waals surface area contributed by atoms with Gasteiger partial charge in [0.2, 0.25) is 5.91 Å². The third-order valence-corrected chi connectivity index (χ3v) is 6.05. The normalized spacial score (nSPS) is 20.3. The van der Waals surface area contributed by atoms with Crippen molar-refractivity contribution in [2.24, 2.45) is 5.92 Å². The predicted molar refractivity (Wildman–Crippen MR) is 104 cm³/mol. The lowest BCUT2D eigenvalue weighted by Crippen LogP contribution is -2.50. The van der Waals surface area contributed by atoms with E-state index in [1.165, 1.54) is 24.0 Å². The van der Waals surface area contributed by atoms with Crippen LogP contribution in [0.2, 0.25) is 0 Å². The van der Waals surface area contributed by atoms with Crippen molar-refractivity contribution in [2.75, 3.05) is 32.7 Å². The molecule has 27 heavy (non-hydrogen) atoms. The quantitative estimate of drug-likeness (QED) is 0.830. The highest BCUT2D eigenvalue weighted by Gasteiger charge is 2.26. The predicted octanol–water partition coefficient (Wildman–Crippen LogP) is 1.74. The highest BCUT2D eigenvalue weighted by molar-refractivity contribution is 5.84. The molecule has 3 amide bonds.